The molecule has 0 aliphatic carbocycles. The van der Waals surface area contributed by atoms with Gasteiger partial charge in [0.05, 0.1) is 69.2 Å². The molecule has 8 nitrogen and oxygen atoms in total. The Hall–Kier alpha value is -6.09. The molecule has 0 spiro atoms. The molecule has 0 saturated heterocycles. The van der Waals surface area contributed by atoms with Gasteiger partial charge < -0.3 is 0 Å². The number of aromatic nitrogens is 8. The number of hydrogen-bond acceptors (Lipinski definition) is 20. The summed E-state index contributed by atoms with van der Waals surface area (Å²) in [5, 5.41) is 5.98. The van der Waals surface area contributed by atoms with Gasteiger partial charge in [-0.1, -0.05) is 263 Å². The highest BCUT2D eigenvalue weighted by Gasteiger charge is 2.53. The first-order valence-electron chi connectivity index (χ1n) is 52.2. The van der Waals surface area contributed by atoms with Crippen LogP contribution in [0.4, 0.5) is 17.6 Å². The van der Waals surface area contributed by atoms with Crippen molar-refractivity contribution in [2.45, 2.75) is 338 Å². The molecule has 4 aromatic carbocycles. The molecule has 732 valence electrons. The second-order valence-electron chi connectivity index (χ2n) is 39.3. The minimum atomic E-state index is -2.55. The van der Waals surface area contributed by atoms with Crippen LogP contribution in [0.3, 0.4) is 0 Å². The van der Waals surface area contributed by atoms with Gasteiger partial charge in [0.25, 0.3) is 0 Å². The minimum absolute atomic E-state index is 0.228. The largest absolute Gasteiger partial charge is 0.206 e. The second kappa shape index (κ2) is 48.3. The van der Waals surface area contributed by atoms with Crippen LogP contribution >= 0.6 is 138 Å². The van der Waals surface area contributed by atoms with Gasteiger partial charge in [0.1, 0.15) is 83.6 Å². The number of fused-ring (bicyclic) bond motifs is 10. The number of aryl methyl sites for hydroxylation is 4. The highest BCUT2D eigenvalue weighted by atomic mass is 32.2. The van der Waals surface area contributed by atoms with E-state index in [-0.39, 0.29) is 23.3 Å². The zero-order valence-electron chi connectivity index (χ0n) is 82.8. The van der Waals surface area contributed by atoms with Crippen molar-refractivity contribution in [2.75, 3.05) is 0 Å². The molecule has 16 aromatic rings. The van der Waals surface area contributed by atoms with Gasteiger partial charge in [-0.15, -0.1) is 90.7 Å². The van der Waals surface area contributed by atoms with Crippen LogP contribution in [0.25, 0.3) is 147 Å². The standard InChI is InChI=1S/2C56H68F2N4S6Si/c1-7-13-17-19-23-37-25-27-43(63-37)49-41(57)29-39(51-53(49)61-67-59-51)45-31-47-55(65-45)56-48(69(47,33-35(11-5)21-15-9-3)34-36(12-6)22-16-10-4)32-46(66-56)40-30-42(58)50(54-52(40)60-68-62-54)44-28-26-38(64-44)24-20-18-14-8-2;1-7-13-17-19-23-37-25-27-43(63-37)39-29-41(57)49(53-51(39)59-67-61-53)45-31-47-55(65-45)56-48(69(47,33-35(11-5)21-15-9-3)34-36(12-6)22-16-10-4)32-46(66-56)50-42(58)30-40(52-54(50)62-68-60-52)44-28-26-38(64-44)24-20-18-14-8-2/h2*25-32,35-36H,7-24,33-34H2,1-6H3. The van der Waals surface area contributed by atoms with Crippen molar-refractivity contribution in [1.29, 1.82) is 0 Å². The Kier molecular flexibility index (Phi) is 36.2. The predicted octanol–water partition coefficient (Wildman–Crippen LogP) is 38.2. The Bertz CT molecular complexity index is 6340. The summed E-state index contributed by atoms with van der Waals surface area (Å²) in [7, 11) is -5.03. The topological polar surface area (TPSA) is 103 Å². The molecule has 0 saturated carbocycles. The number of thiophene rings is 8. The van der Waals surface area contributed by atoms with Gasteiger partial charge in [-0.3, -0.25) is 0 Å². The van der Waals surface area contributed by atoms with Crippen molar-refractivity contribution >= 4 is 219 Å². The van der Waals surface area contributed by atoms with Crippen molar-refractivity contribution in [1.82, 2.24) is 35.0 Å². The molecule has 2 aliphatic heterocycles. The first-order chi connectivity index (χ1) is 67.5. The van der Waals surface area contributed by atoms with E-state index >= 15 is 17.6 Å². The molecule has 4 atom stereocenters. The first kappa shape index (κ1) is 103. The van der Waals surface area contributed by atoms with Crippen molar-refractivity contribution in [3.8, 4) is 103 Å². The SMILES string of the molecule is CCCCCCc1ccc(-c2c(F)cc(-c3cc4c(s3)-c3sc(-c5cc(F)c(-c6ccc(CCCCCC)s6)c6nsnc56)cc3[Si]4(CC(CC)CCCC)CC(CC)CCCC)c3nsnc23)s1.CCCCCCc1ccc(-c2cc(F)c(-c3cc4c(s3)-c3sc(-c5c(F)cc(-c6ccc(CCCCCC)s6)c6nsnc56)cc3[Si]4(CC(CC)CCCC)CC(CC)CCCC)c3nsnc23)s1. The fourth-order valence-corrected chi connectivity index (χ4v) is 49.6. The monoisotopic (exact) mass is 2110 g/mol. The van der Waals surface area contributed by atoms with Crippen LogP contribution in [0.5, 0.6) is 0 Å². The first-order valence-corrected chi connectivity index (χ1v) is 66.5. The number of hydrogen-bond donors (Lipinski definition) is 0. The van der Waals surface area contributed by atoms with Crippen molar-refractivity contribution in [3.63, 3.8) is 0 Å². The maximum atomic E-state index is 17.2. The van der Waals surface area contributed by atoms with E-state index in [4.69, 9.17) is 35.0 Å². The summed E-state index contributed by atoms with van der Waals surface area (Å²) in [4.78, 5) is 18.5. The third kappa shape index (κ3) is 21.9. The van der Waals surface area contributed by atoms with Gasteiger partial charge in [0.15, 0.2) is 0 Å². The number of benzene rings is 4. The van der Waals surface area contributed by atoms with Crippen LogP contribution in [-0.2, 0) is 25.7 Å². The normalized spacial score (nSPS) is 14.1. The van der Waals surface area contributed by atoms with E-state index in [0.29, 0.717) is 68.0 Å². The van der Waals surface area contributed by atoms with E-state index in [1.54, 1.807) is 92.3 Å². The second-order valence-corrected chi connectivity index (χ2v) is 58.4. The molecule has 138 heavy (non-hydrogen) atoms. The zero-order chi connectivity index (χ0) is 96.1. The molecule has 0 amide bonds. The number of rotatable bonds is 52. The van der Waals surface area contributed by atoms with Crippen LogP contribution in [-0.4, -0.2) is 51.1 Å². The lowest BCUT2D eigenvalue weighted by molar-refractivity contribution is 0.469. The van der Waals surface area contributed by atoms with Gasteiger partial charge in [-0.05, 0) is 217 Å². The maximum absolute atomic E-state index is 17.2. The van der Waals surface area contributed by atoms with E-state index in [0.717, 1.165) is 160 Å². The Balaban J connectivity index is 0.000000191. The summed E-state index contributed by atoms with van der Waals surface area (Å²) in [6.45, 7) is 27.8. The lowest BCUT2D eigenvalue weighted by atomic mass is 10.0. The molecule has 26 heteroatoms. The van der Waals surface area contributed by atoms with E-state index < -0.39 is 16.1 Å². The number of nitrogens with zero attached hydrogens (tertiary/aromatic N) is 8. The number of halogens is 4. The molecule has 2 aliphatic rings. The summed E-state index contributed by atoms with van der Waals surface area (Å²) >= 11 is 18.7. The van der Waals surface area contributed by atoms with E-state index in [9.17, 15) is 0 Å². The molecule has 12 aromatic heterocycles. The molecule has 0 fully saturated rings. The maximum Gasteiger partial charge on any atom is 0.134 e. The minimum Gasteiger partial charge on any atom is -0.206 e. The van der Waals surface area contributed by atoms with E-state index in [2.05, 4.69) is 156 Å². The predicted molar refractivity (Wildman–Crippen MR) is 608 cm³/mol. The Morgan fingerprint density at radius 3 is 0.717 bits per heavy atom. The average Bonchev–Trinajstić information content (AvgIpc) is 1.53. The Morgan fingerprint density at radius 1 is 0.232 bits per heavy atom. The lowest BCUT2D eigenvalue weighted by Crippen LogP contribution is -2.56. The highest BCUT2D eigenvalue weighted by molar-refractivity contribution is 7.33. The van der Waals surface area contributed by atoms with Crippen LogP contribution in [0.15, 0.2) is 97.1 Å². The van der Waals surface area contributed by atoms with Crippen LogP contribution in [0.2, 0.25) is 24.2 Å². The Labute approximate surface area is 867 Å². The molecule has 4 unspecified atom stereocenters. The fraction of sp³-hybridized carbons (Fsp3) is 0.500. The van der Waals surface area contributed by atoms with Crippen molar-refractivity contribution < 1.29 is 17.6 Å². The molecule has 0 radical (unpaired) electrons. The smallest absolute Gasteiger partial charge is 0.134 e. The zero-order valence-corrected chi connectivity index (χ0v) is 94.6. The number of unbranched alkanes of at least 4 members (excludes halogenated alkanes) is 16. The summed E-state index contributed by atoms with van der Waals surface area (Å²) in [6.07, 6.45) is 42.7. The molecule has 0 bridgehead atoms. The summed E-state index contributed by atoms with van der Waals surface area (Å²) in [5.74, 6) is 1.43. The Morgan fingerprint density at radius 2 is 0.457 bits per heavy atom. The third-order valence-electron chi connectivity index (χ3n) is 29.9. The van der Waals surface area contributed by atoms with Gasteiger partial charge in [0, 0.05) is 100 Å². The van der Waals surface area contributed by atoms with Crippen molar-refractivity contribution in [2.24, 2.45) is 23.7 Å². The fourth-order valence-electron chi connectivity index (χ4n) is 22.1. The van der Waals surface area contributed by atoms with Crippen LogP contribution < -0.4 is 20.7 Å². The lowest BCUT2D eigenvalue weighted by Gasteiger charge is -2.35. The molecule has 18 rings (SSSR count). The van der Waals surface area contributed by atoms with E-state index in [1.807, 2.05) is 22.7 Å². The summed E-state index contributed by atoms with van der Waals surface area (Å²) in [5.41, 5.74) is 11.5. The van der Waals surface area contributed by atoms with Gasteiger partial charge in [-0.2, -0.15) is 35.0 Å². The molecular weight excluding hydrogens is 1970 g/mol. The van der Waals surface area contributed by atoms with Gasteiger partial charge in [0.2, 0.25) is 0 Å². The van der Waals surface area contributed by atoms with Gasteiger partial charge in [-0.25, -0.2) is 17.6 Å². The quantitative estimate of drug-likeness (QED) is 0.0211. The summed E-state index contributed by atoms with van der Waals surface area (Å²) in [6, 6.07) is 38.7. The molecular formula is C112H136F4N8S12Si2. The molecule has 0 N–H and O–H groups in total. The third-order valence-corrected chi connectivity index (χ3v) is 53.2. The van der Waals surface area contributed by atoms with Gasteiger partial charge >= 0.3 is 0 Å². The van der Waals surface area contributed by atoms with Crippen LogP contribution in [0, 0.1) is 46.9 Å². The van der Waals surface area contributed by atoms with E-state index in [1.165, 1.54) is 286 Å². The summed E-state index contributed by atoms with van der Waals surface area (Å²) < 4.78 is 107. The van der Waals surface area contributed by atoms with Crippen molar-refractivity contribution in [3.05, 3.63) is 140 Å². The molecule has 14 heterocycles. The average molecular weight is 2110 g/mol. The highest BCUT2D eigenvalue weighted by Crippen LogP contribution is 2.56. The van der Waals surface area contributed by atoms with Crippen LogP contribution in [0.1, 0.15) is 308 Å².